The van der Waals surface area contributed by atoms with Gasteiger partial charge in [0.1, 0.15) is 0 Å². The zero-order valence-electron chi connectivity index (χ0n) is 6.89. The molecule has 1 aliphatic rings. The predicted molar refractivity (Wildman–Crippen MR) is 55.5 cm³/mol. The predicted octanol–water partition coefficient (Wildman–Crippen LogP) is 3.45. The average molecular weight is 223 g/mol. The van der Waals surface area contributed by atoms with Crippen molar-refractivity contribution in [1.82, 2.24) is 0 Å². The Morgan fingerprint density at radius 2 is 1.83 bits per heavy atom. The lowest BCUT2D eigenvalue weighted by atomic mass is 10.0. The summed E-state index contributed by atoms with van der Waals surface area (Å²) in [6, 6.07) is 8.69. The van der Waals surface area contributed by atoms with Crippen LogP contribution in [-0.2, 0) is 12.8 Å². The van der Waals surface area contributed by atoms with E-state index >= 15 is 0 Å². The third kappa shape index (κ3) is 1.61. The number of benzene rings is 1. The molecule has 0 saturated carbocycles. The van der Waals surface area contributed by atoms with Gasteiger partial charge in [0.25, 0.3) is 0 Å². The molecule has 1 aromatic rings. The van der Waals surface area contributed by atoms with Crippen LogP contribution in [0, 0.1) is 0 Å². The zero-order valence-corrected chi connectivity index (χ0v) is 8.47. The van der Waals surface area contributed by atoms with Crippen LogP contribution in [0.2, 0.25) is 0 Å². The highest BCUT2D eigenvalue weighted by molar-refractivity contribution is 9.11. The van der Waals surface area contributed by atoms with Gasteiger partial charge in [-0.25, -0.2) is 0 Å². The number of aryl methyl sites for hydroxylation is 1. The highest BCUT2D eigenvalue weighted by Gasteiger charge is 2.06. The normalized spacial score (nSPS) is 16.2. The van der Waals surface area contributed by atoms with E-state index in [0.717, 1.165) is 12.8 Å². The van der Waals surface area contributed by atoms with Crippen molar-refractivity contribution in [3.63, 3.8) is 0 Å². The molecule has 0 amide bonds. The Morgan fingerprint density at radius 1 is 1.08 bits per heavy atom. The molecule has 62 valence electrons. The molecule has 0 saturated heterocycles. The first-order chi connectivity index (χ1) is 5.86. The van der Waals surface area contributed by atoms with Gasteiger partial charge in [0, 0.05) is 6.42 Å². The van der Waals surface area contributed by atoms with Gasteiger partial charge in [0.15, 0.2) is 0 Å². The zero-order chi connectivity index (χ0) is 8.39. The average Bonchev–Trinajstić information content (AvgIpc) is 2.25. The van der Waals surface area contributed by atoms with E-state index < -0.39 is 0 Å². The highest BCUT2D eigenvalue weighted by Crippen LogP contribution is 2.23. The quantitative estimate of drug-likeness (QED) is 0.631. The van der Waals surface area contributed by atoms with Gasteiger partial charge in [-0.05, 0) is 28.5 Å². The van der Waals surface area contributed by atoms with E-state index in [4.69, 9.17) is 0 Å². The van der Waals surface area contributed by atoms with Crippen molar-refractivity contribution < 1.29 is 0 Å². The third-order valence-corrected chi connectivity index (χ3v) is 2.86. The van der Waals surface area contributed by atoms with Crippen LogP contribution in [-0.4, -0.2) is 0 Å². The Labute approximate surface area is 81.4 Å². The SMILES string of the molecule is BrC1=CCCc2ccccc2C1. The van der Waals surface area contributed by atoms with Crippen LogP contribution in [0.25, 0.3) is 0 Å². The Balaban J connectivity index is 2.38. The molecule has 2 rings (SSSR count). The van der Waals surface area contributed by atoms with Crippen molar-refractivity contribution in [3.05, 3.63) is 46.0 Å². The molecule has 0 N–H and O–H groups in total. The second-order valence-corrected chi connectivity index (χ2v) is 4.15. The Bertz CT molecular complexity index is 313. The first-order valence-corrected chi connectivity index (χ1v) is 5.07. The first kappa shape index (κ1) is 8.06. The molecule has 0 bridgehead atoms. The molecule has 1 aromatic carbocycles. The molecular weight excluding hydrogens is 212 g/mol. The first-order valence-electron chi connectivity index (χ1n) is 4.27. The largest absolute Gasteiger partial charge is 0.0737 e. The highest BCUT2D eigenvalue weighted by atomic mass is 79.9. The van der Waals surface area contributed by atoms with Crippen molar-refractivity contribution in [2.45, 2.75) is 19.3 Å². The second-order valence-electron chi connectivity index (χ2n) is 3.14. The minimum Gasteiger partial charge on any atom is -0.0737 e. The van der Waals surface area contributed by atoms with Gasteiger partial charge in [0.05, 0.1) is 0 Å². The molecule has 0 fully saturated rings. The number of halogens is 1. The minimum atomic E-state index is 1.07. The van der Waals surface area contributed by atoms with Crippen molar-refractivity contribution in [3.8, 4) is 0 Å². The van der Waals surface area contributed by atoms with Crippen LogP contribution < -0.4 is 0 Å². The molecule has 0 radical (unpaired) electrons. The van der Waals surface area contributed by atoms with Gasteiger partial charge >= 0.3 is 0 Å². The van der Waals surface area contributed by atoms with Crippen molar-refractivity contribution in [2.75, 3.05) is 0 Å². The van der Waals surface area contributed by atoms with E-state index in [1.165, 1.54) is 22.0 Å². The summed E-state index contributed by atoms with van der Waals surface area (Å²) in [5, 5.41) is 0. The van der Waals surface area contributed by atoms with Crippen LogP contribution in [0.3, 0.4) is 0 Å². The maximum atomic E-state index is 3.57. The van der Waals surface area contributed by atoms with Gasteiger partial charge < -0.3 is 0 Å². The van der Waals surface area contributed by atoms with Crippen LogP contribution in [0.4, 0.5) is 0 Å². The Hall–Kier alpha value is -0.560. The van der Waals surface area contributed by atoms with E-state index in [1.54, 1.807) is 0 Å². The van der Waals surface area contributed by atoms with Crippen molar-refractivity contribution in [2.24, 2.45) is 0 Å². The molecule has 0 atom stereocenters. The fourth-order valence-electron chi connectivity index (χ4n) is 1.61. The van der Waals surface area contributed by atoms with Crippen molar-refractivity contribution >= 4 is 15.9 Å². The molecule has 0 nitrogen and oxygen atoms in total. The Morgan fingerprint density at radius 3 is 2.67 bits per heavy atom. The number of hydrogen-bond donors (Lipinski definition) is 0. The summed E-state index contributed by atoms with van der Waals surface area (Å²) in [4.78, 5) is 0. The van der Waals surface area contributed by atoms with Crippen LogP contribution >= 0.6 is 15.9 Å². The molecule has 0 aromatic heterocycles. The second kappa shape index (κ2) is 3.44. The molecule has 0 spiro atoms. The fraction of sp³-hybridized carbons (Fsp3) is 0.273. The topological polar surface area (TPSA) is 0 Å². The lowest BCUT2D eigenvalue weighted by Gasteiger charge is -2.03. The van der Waals surface area contributed by atoms with E-state index in [-0.39, 0.29) is 0 Å². The van der Waals surface area contributed by atoms with E-state index in [9.17, 15) is 0 Å². The summed E-state index contributed by atoms with van der Waals surface area (Å²) in [5.41, 5.74) is 2.97. The molecule has 0 heterocycles. The summed E-state index contributed by atoms with van der Waals surface area (Å²) < 4.78 is 1.33. The summed E-state index contributed by atoms with van der Waals surface area (Å²) in [7, 11) is 0. The van der Waals surface area contributed by atoms with Crippen LogP contribution in [0.1, 0.15) is 17.5 Å². The van der Waals surface area contributed by atoms with Crippen LogP contribution in [0.15, 0.2) is 34.8 Å². The smallest absolute Gasteiger partial charge is 0.00402 e. The molecule has 0 unspecified atom stereocenters. The van der Waals surface area contributed by atoms with Gasteiger partial charge in [-0.15, -0.1) is 0 Å². The summed E-state index contributed by atoms with van der Waals surface area (Å²) in [5.74, 6) is 0. The van der Waals surface area contributed by atoms with Gasteiger partial charge in [-0.3, -0.25) is 0 Å². The number of rotatable bonds is 0. The van der Waals surface area contributed by atoms with Gasteiger partial charge in [-0.2, -0.15) is 0 Å². The summed E-state index contributed by atoms with van der Waals surface area (Å²) in [6.07, 6.45) is 5.69. The standard InChI is InChI=1S/C11H11Br/c12-11-7-3-6-9-4-1-2-5-10(9)8-11/h1-2,4-5,7H,3,6,8H2. The van der Waals surface area contributed by atoms with Crippen molar-refractivity contribution in [1.29, 1.82) is 0 Å². The number of fused-ring (bicyclic) bond motifs is 1. The number of hydrogen-bond acceptors (Lipinski definition) is 0. The van der Waals surface area contributed by atoms with E-state index in [1.807, 2.05) is 0 Å². The van der Waals surface area contributed by atoms with Crippen LogP contribution in [0.5, 0.6) is 0 Å². The minimum absolute atomic E-state index is 1.07. The lowest BCUT2D eigenvalue weighted by Crippen LogP contribution is -1.89. The summed E-state index contributed by atoms with van der Waals surface area (Å²) in [6.45, 7) is 0. The molecule has 1 aliphatic carbocycles. The van der Waals surface area contributed by atoms with Gasteiger partial charge in [0.2, 0.25) is 0 Å². The maximum Gasteiger partial charge on any atom is 0.00402 e. The van der Waals surface area contributed by atoms with E-state index in [0.29, 0.717) is 0 Å². The fourth-order valence-corrected chi connectivity index (χ4v) is 2.14. The Kier molecular flexibility index (Phi) is 2.31. The lowest BCUT2D eigenvalue weighted by molar-refractivity contribution is 1.00. The molecule has 12 heavy (non-hydrogen) atoms. The molecular formula is C11H11Br. The van der Waals surface area contributed by atoms with Gasteiger partial charge in [-0.1, -0.05) is 46.3 Å². The number of allylic oxidation sites excluding steroid dienone is 2. The summed E-state index contributed by atoms with van der Waals surface area (Å²) >= 11 is 3.57. The third-order valence-electron chi connectivity index (χ3n) is 2.26. The van der Waals surface area contributed by atoms with E-state index in [2.05, 4.69) is 46.3 Å². The molecule has 1 heteroatoms. The molecule has 0 aliphatic heterocycles. The monoisotopic (exact) mass is 222 g/mol. The maximum absolute atomic E-state index is 3.57.